The van der Waals surface area contributed by atoms with Gasteiger partial charge in [0.2, 0.25) is 0 Å². The molecule has 0 aliphatic rings. The average molecular weight is 414 g/mol. The van der Waals surface area contributed by atoms with E-state index in [1.165, 1.54) is 0 Å². The zero-order valence-electron chi connectivity index (χ0n) is 12.7. The van der Waals surface area contributed by atoms with Crippen LogP contribution in [0, 0.1) is 0 Å². The van der Waals surface area contributed by atoms with E-state index >= 15 is 0 Å². The predicted molar refractivity (Wildman–Crippen MR) is 103 cm³/mol. The highest BCUT2D eigenvalue weighted by Gasteiger charge is 2.20. The first kappa shape index (κ1) is 18.2. The van der Waals surface area contributed by atoms with Crippen molar-refractivity contribution in [3.05, 3.63) is 87.9 Å². The SMILES string of the molecule is Clc1cccc(OP(Oc2cccc(Cl)c2)Oc2cccc(Cl)c2)c1. The second-order valence-electron chi connectivity index (χ2n) is 4.87. The molecule has 0 spiro atoms. The van der Waals surface area contributed by atoms with Gasteiger partial charge in [0.1, 0.15) is 17.2 Å². The third kappa shape index (κ3) is 5.69. The third-order valence-corrected chi connectivity index (χ3v) is 4.71. The van der Waals surface area contributed by atoms with Gasteiger partial charge < -0.3 is 13.6 Å². The van der Waals surface area contributed by atoms with E-state index in [1.807, 2.05) is 0 Å². The van der Waals surface area contributed by atoms with E-state index < -0.39 is 8.60 Å². The average Bonchev–Trinajstić information content (AvgIpc) is 2.55. The Balaban J connectivity index is 1.82. The minimum absolute atomic E-state index is 0.530. The summed E-state index contributed by atoms with van der Waals surface area (Å²) >= 11 is 18.0. The van der Waals surface area contributed by atoms with Crippen LogP contribution >= 0.6 is 43.4 Å². The number of hydrogen-bond acceptors (Lipinski definition) is 3. The fourth-order valence-electron chi connectivity index (χ4n) is 1.89. The summed E-state index contributed by atoms with van der Waals surface area (Å²) in [6, 6.07) is 21.0. The minimum atomic E-state index is -1.80. The first-order valence-electron chi connectivity index (χ1n) is 7.19. The summed E-state index contributed by atoms with van der Waals surface area (Å²) in [5.41, 5.74) is 0. The molecule has 25 heavy (non-hydrogen) atoms. The fraction of sp³-hybridized carbons (Fsp3) is 0. The lowest BCUT2D eigenvalue weighted by atomic mass is 10.3. The summed E-state index contributed by atoms with van der Waals surface area (Å²) in [7, 11) is -1.80. The molecule has 3 aromatic rings. The van der Waals surface area contributed by atoms with E-state index in [1.54, 1.807) is 72.8 Å². The van der Waals surface area contributed by atoms with Gasteiger partial charge in [0, 0.05) is 15.1 Å². The van der Waals surface area contributed by atoms with Gasteiger partial charge in [-0.25, -0.2) is 0 Å². The highest BCUT2D eigenvalue weighted by Crippen LogP contribution is 2.43. The summed E-state index contributed by atoms with van der Waals surface area (Å²) in [4.78, 5) is 0. The fourth-order valence-corrected chi connectivity index (χ4v) is 3.40. The zero-order chi connectivity index (χ0) is 17.6. The smallest absolute Gasteiger partial charge is 0.408 e. The number of hydrogen-bond donors (Lipinski definition) is 0. The van der Waals surface area contributed by atoms with Crippen LogP contribution in [0.25, 0.3) is 0 Å². The van der Waals surface area contributed by atoms with Gasteiger partial charge in [-0.2, -0.15) is 0 Å². The van der Waals surface area contributed by atoms with Crippen molar-refractivity contribution in [2.24, 2.45) is 0 Å². The van der Waals surface area contributed by atoms with Crippen LogP contribution in [0.2, 0.25) is 15.1 Å². The van der Waals surface area contributed by atoms with Crippen LogP contribution in [-0.2, 0) is 0 Å². The van der Waals surface area contributed by atoms with Crippen LogP contribution < -0.4 is 13.6 Å². The van der Waals surface area contributed by atoms with Gasteiger partial charge >= 0.3 is 8.60 Å². The molecule has 0 radical (unpaired) electrons. The standard InChI is InChI=1S/C18H12Cl3O3P/c19-13-4-1-7-16(10-13)22-25(23-17-8-2-5-14(20)11-17)24-18-9-3-6-15(21)12-18/h1-12H. The molecule has 0 aromatic heterocycles. The van der Waals surface area contributed by atoms with Crippen LogP contribution in [0.15, 0.2) is 72.8 Å². The minimum Gasteiger partial charge on any atom is -0.408 e. The molecular weight excluding hydrogens is 402 g/mol. The van der Waals surface area contributed by atoms with Gasteiger partial charge in [-0.15, -0.1) is 0 Å². The maximum atomic E-state index is 6.00. The Labute approximate surface area is 162 Å². The predicted octanol–water partition coefficient (Wildman–Crippen LogP) is 7.41. The molecule has 3 rings (SSSR count). The molecule has 0 saturated carbocycles. The molecule has 0 bridgehead atoms. The Morgan fingerprint density at radius 1 is 0.520 bits per heavy atom. The van der Waals surface area contributed by atoms with Crippen molar-refractivity contribution in [1.82, 2.24) is 0 Å². The molecule has 128 valence electrons. The lowest BCUT2D eigenvalue weighted by Crippen LogP contribution is -2.02. The van der Waals surface area contributed by atoms with Crippen molar-refractivity contribution in [3.63, 3.8) is 0 Å². The van der Waals surface area contributed by atoms with E-state index in [9.17, 15) is 0 Å². The molecule has 0 N–H and O–H groups in total. The van der Waals surface area contributed by atoms with Crippen LogP contribution in [0.5, 0.6) is 17.2 Å². The summed E-state index contributed by atoms with van der Waals surface area (Å²) in [6.07, 6.45) is 0. The molecular formula is C18H12Cl3O3P. The van der Waals surface area contributed by atoms with Crippen molar-refractivity contribution in [2.45, 2.75) is 0 Å². The molecule has 0 saturated heterocycles. The van der Waals surface area contributed by atoms with E-state index in [2.05, 4.69) is 0 Å². The Bertz CT molecular complexity index is 747. The third-order valence-electron chi connectivity index (χ3n) is 2.93. The number of benzene rings is 3. The van der Waals surface area contributed by atoms with E-state index in [4.69, 9.17) is 48.4 Å². The summed E-state index contributed by atoms with van der Waals surface area (Å²) in [5.74, 6) is 1.59. The molecule has 0 fully saturated rings. The van der Waals surface area contributed by atoms with Gasteiger partial charge in [-0.1, -0.05) is 53.0 Å². The summed E-state index contributed by atoms with van der Waals surface area (Å²) in [6.45, 7) is 0. The van der Waals surface area contributed by atoms with Crippen molar-refractivity contribution < 1.29 is 13.6 Å². The van der Waals surface area contributed by atoms with Gasteiger partial charge in [0.15, 0.2) is 0 Å². The molecule has 7 heteroatoms. The van der Waals surface area contributed by atoms with Crippen LogP contribution in [0.3, 0.4) is 0 Å². The van der Waals surface area contributed by atoms with Gasteiger partial charge in [0.25, 0.3) is 0 Å². The van der Waals surface area contributed by atoms with Crippen LogP contribution in [0.4, 0.5) is 0 Å². The maximum Gasteiger partial charge on any atom is 0.530 e. The van der Waals surface area contributed by atoms with E-state index in [0.29, 0.717) is 32.3 Å². The Morgan fingerprint density at radius 2 is 0.840 bits per heavy atom. The molecule has 0 heterocycles. The molecule has 3 nitrogen and oxygen atoms in total. The van der Waals surface area contributed by atoms with Crippen LogP contribution in [-0.4, -0.2) is 0 Å². The molecule has 0 aliphatic heterocycles. The quantitative estimate of drug-likeness (QED) is 0.394. The lowest BCUT2D eigenvalue weighted by Gasteiger charge is -2.18. The number of rotatable bonds is 6. The van der Waals surface area contributed by atoms with Crippen LogP contribution in [0.1, 0.15) is 0 Å². The lowest BCUT2D eigenvalue weighted by molar-refractivity contribution is 0.388. The van der Waals surface area contributed by atoms with Crippen molar-refractivity contribution in [1.29, 1.82) is 0 Å². The normalized spacial score (nSPS) is 10.6. The van der Waals surface area contributed by atoms with Crippen molar-refractivity contribution in [2.75, 3.05) is 0 Å². The zero-order valence-corrected chi connectivity index (χ0v) is 15.9. The van der Waals surface area contributed by atoms with Gasteiger partial charge in [-0.05, 0) is 54.6 Å². The van der Waals surface area contributed by atoms with Crippen molar-refractivity contribution in [3.8, 4) is 17.2 Å². The first-order chi connectivity index (χ1) is 12.1. The monoisotopic (exact) mass is 412 g/mol. The number of halogens is 3. The molecule has 3 aromatic carbocycles. The largest absolute Gasteiger partial charge is 0.530 e. The Hall–Kier alpha value is -1.64. The summed E-state index contributed by atoms with van der Waals surface area (Å²) in [5, 5.41) is 1.66. The van der Waals surface area contributed by atoms with Gasteiger partial charge in [-0.3, -0.25) is 0 Å². The topological polar surface area (TPSA) is 27.7 Å². The molecule has 0 aliphatic carbocycles. The highest BCUT2D eigenvalue weighted by atomic mass is 35.5. The Kier molecular flexibility index (Phi) is 6.28. The Morgan fingerprint density at radius 3 is 1.12 bits per heavy atom. The molecule has 0 unspecified atom stereocenters. The highest BCUT2D eigenvalue weighted by molar-refractivity contribution is 7.43. The van der Waals surface area contributed by atoms with Gasteiger partial charge in [0.05, 0.1) is 0 Å². The van der Waals surface area contributed by atoms with Crippen molar-refractivity contribution >= 4 is 43.4 Å². The van der Waals surface area contributed by atoms with E-state index in [0.717, 1.165) is 0 Å². The molecule has 0 atom stereocenters. The second kappa shape index (κ2) is 8.64. The van der Waals surface area contributed by atoms with E-state index in [-0.39, 0.29) is 0 Å². The summed E-state index contributed by atoms with van der Waals surface area (Å²) < 4.78 is 17.5. The maximum absolute atomic E-state index is 6.00. The molecule has 0 amide bonds. The second-order valence-corrected chi connectivity index (χ2v) is 7.17. The first-order valence-corrected chi connectivity index (χ1v) is 9.42.